The number of ether oxygens (including phenoxy) is 1. The van der Waals surface area contributed by atoms with E-state index in [1.165, 1.54) is 6.07 Å². The second-order valence-electron chi connectivity index (χ2n) is 4.63. The van der Waals surface area contributed by atoms with Gasteiger partial charge in [0.05, 0.1) is 11.1 Å². The maximum atomic E-state index is 13.0. The number of halogens is 2. The molecule has 1 fully saturated rings. The van der Waals surface area contributed by atoms with Gasteiger partial charge in [0.25, 0.3) is 0 Å². The summed E-state index contributed by atoms with van der Waals surface area (Å²) in [6, 6.07) is 4.52. The zero-order valence-electron chi connectivity index (χ0n) is 9.70. The monoisotopic (exact) mass is 316 g/mol. The van der Waals surface area contributed by atoms with Gasteiger partial charge in [-0.15, -0.1) is 0 Å². The van der Waals surface area contributed by atoms with Crippen molar-refractivity contribution in [2.24, 2.45) is 16.3 Å². The van der Waals surface area contributed by atoms with E-state index in [1.807, 2.05) is 0 Å². The number of hydrogen-bond donors (Lipinski definition) is 2. The van der Waals surface area contributed by atoms with Gasteiger partial charge in [0.1, 0.15) is 17.4 Å². The van der Waals surface area contributed by atoms with E-state index >= 15 is 0 Å². The predicted octanol–water partition coefficient (Wildman–Crippen LogP) is 2.88. The molecule has 1 aromatic carbocycles. The van der Waals surface area contributed by atoms with Crippen LogP contribution in [0.1, 0.15) is 19.3 Å². The molecule has 6 heteroatoms. The van der Waals surface area contributed by atoms with Crippen LogP contribution in [0.15, 0.2) is 27.8 Å². The molecule has 2 rings (SSSR count). The van der Waals surface area contributed by atoms with Gasteiger partial charge in [0, 0.05) is 11.8 Å². The normalized spacial score (nSPS) is 17.6. The van der Waals surface area contributed by atoms with Gasteiger partial charge in [-0.2, -0.15) is 0 Å². The molecule has 0 aliphatic heterocycles. The van der Waals surface area contributed by atoms with Crippen LogP contribution in [0, 0.1) is 11.2 Å². The lowest BCUT2D eigenvalue weighted by Crippen LogP contribution is -2.22. The van der Waals surface area contributed by atoms with Gasteiger partial charge in [-0.1, -0.05) is 5.16 Å². The summed E-state index contributed by atoms with van der Waals surface area (Å²) in [7, 11) is 0. The lowest BCUT2D eigenvalue weighted by atomic mass is 10.0. The molecule has 1 saturated carbocycles. The van der Waals surface area contributed by atoms with Crippen LogP contribution >= 0.6 is 15.9 Å². The lowest BCUT2D eigenvalue weighted by molar-refractivity contribution is 0.236. The molecule has 0 atom stereocenters. The smallest absolute Gasteiger partial charge is 0.139 e. The van der Waals surface area contributed by atoms with Gasteiger partial charge in [-0.25, -0.2) is 4.39 Å². The minimum atomic E-state index is -0.319. The molecule has 1 aliphatic carbocycles. The first-order valence-electron chi connectivity index (χ1n) is 5.59. The highest BCUT2D eigenvalue weighted by atomic mass is 79.9. The summed E-state index contributed by atoms with van der Waals surface area (Å²) in [5.74, 6) is 0.505. The first-order valence-corrected chi connectivity index (χ1v) is 6.38. The van der Waals surface area contributed by atoms with Gasteiger partial charge in [-0.05, 0) is 47.0 Å². The highest BCUT2D eigenvalue weighted by molar-refractivity contribution is 9.10. The van der Waals surface area contributed by atoms with Gasteiger partial charge in [0.15, 0.2) is 0 Å². The topological polar surface area (TPSA) is 67.8 Å². The van der Waals surface area contributed by atoms with Crippen molar-refractivity contribution in [1.29, 1.82) is 0 Å². The third-order valence-electron chi connectivity index (χ3n) is 3.08. The fraction of sp³-hybridized carbons (Fsp3) is 0.417. The van der Waals surface area contributed by atoms with Crippen LogP contribution in [0.4, 0.5) is 4.39 Å². The van der Waals surface area contributed by atoms with Crippen molar-refractivity contribution in [1.82, 2.24) is 0 Å². The number of rotatable bonds is 5. The standard InChI is InChI=1S/C12H14BrFN2O2/c13-9-5-8(1-2-10(9)14)18-7-12(3-4-12)6-11(15)16-17/h1-2,5,17H,3-4,6-7H2,(H2,15,16). The lowest BCUT2D eigenvalue weighted by Gasteiger charge is -2.15. The summed E-state index contributed by atoms with van der Waals surface area (Å²) >= 11 is 3.11. The van der Waals surface area contributed by atoms with Crippen LogP contribution in [0.2, 0.25) is 0 Å². The van der Waals surface area contributed by atoms with Crippen LogP contribution in [0.25, 0.3) is 0 Å². The Morgan fingerprint density at radius 1 is 1.56 bits per heavy atom. The summed E-state index contributed by atoms with van der Waals surface area (Å²) < 4.78 is 19.0. The van der Waals surface area contributed by atoms with Crippen molar-refractivity contribution in [3.63, 3.8) is 0 Å². The van der Waals surface area contributed by atoms with Crippen LogP contribution in [0.3, 0.4) is 0 Å². The average molecular weight is 317 g/mol. The molecule has 0 heterocycles. The number of benzene rings is 1. The van der Waals surface area contributed by atoms with Crippen molar-refractivity contribution >= 4 is 21.8 Å². The fourth-order valence-corrected chi connectivity index (χ4v) is 2.13. The zero-order valence-corrected chi connectivity index (χ0v) is 11.3. The molecule has 98 valence electrons. The number of nitrogens with two attached hydrogens (primary N) is 1. The first-order chi connectivity index (χ1) is 8.54. The number of amidine groups is 1. The number of oxime groups is 1. The molecule has 0 aromatic heterocycles. The maximum Gasteiger partial charge on any atom is 0.139 e. The molecule has 0 spiro atoms. The van der Waals surface area contributed by atoms with Crippen molar-refractivity contribution in [3.05, 3.63) is 28.5 Å². The predicted molar refractivity (Wildman–Crippen MR) is 69.3 cm³/mol. The van der Waals surface area contributed by atoms with Crippen LogP contribution < -0.4 is 10.5 Å². The summed E-state index contributed by atoms with van der Waals surface area (Å²) in [4.78, 5) is 0. The molecular formula is C12H14BrFN2O2. The summed E-state index contributed by atoms with van der Waals surface area (Å²) in [6.45, 7) is 0.487. The quantitative estimate of drug-likeness (QED) is 0.380. The van der Waals surface area contributed by atoms with Gasteiger partial charge in [-0.3, -0.25) is 0 Å². The minimum Gasteiger partial charge on any atom is -0.493 e. The summed E-state index contributed by atoms with van der Waals surface area (Å²) in [5, 5.41) is 11.5. The van der Waals surface area contributed by atoms with Crippen molar-refractivity contribution < 1.29 is 14.3 Å². The number of hydrogen-bond acceptors (Lipinski definition) is 3. The average Bonchev–Trinajstić information content (AvgIpc) is 3.11. The minimum absolute atomic E-state index is 0.0306. The molecule has 0 bridgehead atoms. The van der Waals surface area contributed by atoms with Crippen LogP contribution in [0.5, 0.6) is 5.75 Å². The van der Waals surface area contributed by atoms with Crippen molar-refractivity contribution in [3.8, 4) is 5.75 Å². The van der Waals surface area contributed by atoms with Crippen molar-refractivity contribution in [2.75, 3.05) is 6.61 Å². The Morgan fingerprint density at radius 2 is 2.28 bits per heavy atom. The summed E-state index contributed by atoms with van der Waals surface area (Å²) in [6.07, 6.45) is 2.50. The molecule has 18 heavy (non-hydrogen) atoms. The maximum absolute atomic E-state index is 13.0. The first kappa shape index (κ1) is 13.1. The third-order valence-corrected chi connectivity index (χ3v) is 3.69. The van der Waals surface area contributed by atoms with Crippen LogP contribution in [-0.2, 0) is 0 Å². The highest BCUT2D eigenvalue weighted by Gasteiger charge is 2.44. The van der Waals surface area contributed by atoms with E-state index in [0.29, 0.717) is 23.2 Å². The Kier molecular flexibility index (Phi) is 3.75. The Balaban J connectivity index is 1.93. The van der Waals surface area contributed by atoms with E-state index in [9.17, 15) is 4.39 Å². The zero-order chi connectivity index (χ0) is 13.2. The molecule has 3 N–H and O–H groups in total. The molecule has 0 saturated heterocycles. The molecule has 0 radical (unpaired) electrons. The molecule has 0 amide bonds. The van der Waals surface area contributed by atoms with E-state index in [2.05, 4.69) is 21.1 Å². The van der Waals surface area contributed by atoms with E-state index < -0.39 is 0 Å². The fourth-order valence-electron chi connectivity index (χ4n) is 1.77. The van der Waals surface area contributed by atoms with E-state index in [1.54, 1.807) is 12.1 Å². The largest absolute Gasteiger partial charge is 0.493 e. The van der Waals surface area contributed by atoms with E-state index in [0.717, 1.165) is 12.8 Å². The number of nitrogens with zero attached hydrogens (tertiary/aromatic N) is 1. The van der Waals surface area contributed by atoms with E-state index in [4.69, 9.17) is 15.7 Å². The summed E-state index contributed by atoms with van der Waals surface area (Å²) in [5.41, 5.74) is 5.47. The Hall–Kier alpha value is -1.30. The SMILES string of the molecule is N/C(CC1(COc2ccc(F)c(Br)c2)CC1)=N/O. The molecule has 4 nitrogen and oxygen atoms in total. The molecule has 0 unspecified atom stereocenters. The van der Waals surface area contributed by atoms with Gasteiger partial charge >= 0.3 is 0 Å². The van der Waals surface area contributed by atoms with Crippen LogP contribution in [-0.4, -0.2) is 17.6 Å². The second kappa shape index (κ2) is 5.14. The molecular weight excluding hydrogens is 303 g/mol. The Morgan fingerprint density at radius 3 is 2.83 bits per heavy atom. The Labute approximate surface area is 113 Å². The van der Waals surface area contributed by atoms with Crippen molar-refractivity contribution in [2.45, 2.75) is 19.3 Å². The third kappa shape index (κ3) is 3.13. The highest BCUT2D eigenvalue weighted by Crippen LogP contribution is 2.49. The second-order valence-corrected chi connectivity index (χ2v) is 5.49. The Bertz CT molecular complexity index is 475. The molecule has 1 aromatic rings. The molecule has 1 aliphatic rings. The van der Waals surface area contributed by atoms with Gasteiger partial charge in [0.2, 0.25) is 0 Å². The van der Waals surface area contributed by atoms with E-state index in [-0.39, 0.29) is 17.1 Å². The van der Waals surface area contributed by atoms with Gasteiger partial charge < -0.3 is 15.7 Å².